The summed E-state index contributed by atoms with van der Waals surface area (Å²) in [6, 6.07) is 0.312. The molecule has 2 rings (SSSR count). The Kier molecular flexibility index (Phi) is 9.75. The van der Waals surface area contributed by atoms with E-state index in [4.69, 9.17) is 5.11 Å². The average Bonchev–Trinajstić information content (AvgIpc) is 2.55. The molecule has 0 aromatic heterocycles. The van der Waals surface area contributed by atoms with E-state index in [1.54, 1.807) is 0 Å². The Labute approximate surface area is 157 Å². The summed E-state index contributed by atoms with van der Waals surface area (Å²) in [5, 5.41) is 8.88. The van der Waals surface area contributed by atoms with Gasteiger partial charge in [-0.05, 0) is 38.6 Å². The average molecular weight is 376 g/mol. The van der Waals surface area contributed by atoms with Crippen molar-refractivity contribution in [1.82, 2.24) is 14.7 Å². The van der Waals surface area contributed by atoms with Gasteiger partial charge in [0.2, 0.25) is 5.91 Å². The van der Waals surface area contributed by atoms with Crippen LogP contribution < -0.4 is 0 Å². The van der Waals surface area contributed by atoms with Gasteiger partial charge in [0.15, 0.2) is 0 Å². The first-order valence-corrected chi connectivity index (χ1v) is 9.34. The fraction of sp³-hybridized carbons (Fsp3) is 0.889. The summed E-state index contributed by atoms with van der Waals surface area (Å²) < 4.78 is 0. The van der Waals surface area contributed by atoms with E-state index < -0.39 is 5.97 Å². The molecule has 7 heteroatoms. The standard InChI is InChI=1S/C18H33N3O3.ClH/c1-19(14-18(23)24)16-8-10-21(11-9-16)13-17(22)20(2)12-15-6-4-3-5-7-15;/h15-16H,3-14H2,1-2H3,(H,23,24);1H. The smallest absolute Gasteiger partial charge is 0.317 e. The van der Waals surface area contributed by atoms with E-state index in [0.717, 1.165) is 32.5 Å². The van der Waals surface area contributed by atoms with Crippen molar-refractivity contribution in [1.29, 1.82) is 0 Å². The third-order valence-electron chi connectivity index (χ3n) is 5.61. The molecule has 0 radical (unpaired) electrons. The number of halogens is 1. The highest BCUT2D eigenvalue weighted by atomic mass is 35.5. The Morgan fingerprint density at radius 3 is 2.20 bits per heavy atom. The second-order valence-corrected chi connectivity index (χ2v) is 7.59. The molecule has 6 nitrogen and oxygen atoms in total. The van der Waals surface area contributed by atoms with Crippen molar-refractivity contribution < 1.29 is 14.7 Å². The van der Waals surface area contributed by atoms with Crippen LogP contribution in [0.15, 0.2) is 0 Å². The van der Waals surface area contributed by atoms with Gasteiger partial charge < -0.3 is 10.0 Å². The second kappa shape index (κ2) is 11.0. The summed E-state index contributed by atoms with van der Waals surface area (Å²) in [4.78, 5) is 29.3. The van der Waals surface area contributed by atoms with E-state index in [0.29, 0.717) is 18.5 Å². The van der Waals surface area contributed by atoms with Crippen molar-refractivity contribution in [2.24, 2.45) is 5.92 Å². The van der Waals surface area contributed by atoms with Gasteiger partial charge >= 0.3 is 5.97 Å². The van der Waals surface area contributed by atoms with Crippen LogP contribution >= 0.6 is 12.4 Å². The second-order valence-electron chi connectivity index (χ2n) is 7.59. The molecule has 0 aromatic carbocycles. The molecular formula is C18H34ClN3O3. The quantitative estimate of drug-likeness (QED) is 0.736. The van der Waals surface area contributed by atoms with Crippen LogP contribution in [0.5, 0.6) is 0 Å². The summed E-state index contributed by atoms with van der Waals surface area (Å²) in [5.41, 5.74) is 0. The van der Waals surface area contributed by atoms with Crippen molar-refractivity contribution >= 4 is 24.3 Å². The van der Waals surface area contributed by atoms with Gasteiger partial charge in [-0.2, -0.15) is 0 Å². The number of amides is 1. The number of rotatable bonds is 7. The lowest BCUT2D eigenvalue weighted by Gasteiger charge is -2.36. The highest BCUT2D eigenvalue weighted by molar-refractivity contribution is 5.85. The Morgan fingerprint density at radius 2 is 1.64 bits per heavy atom. The summed E-state index contributed by atoms with van der Waals surface area (Å²) >= 11 is 0. The van der Waals surface area contributed by atoms with Crippen LogP contribution in [0.2, 0.25) is 0 Å². The van der Waals surface area contributed by atoms with E-state index in [-0.39, 0.29) is 24.9 Å². The zero-order chi connectivity index (χ0) is 17.5. The van der Waals surface area contributed by atoms with Gasteiger partial charge in [-0.1, -0.05) is 19.3 Å². The summed E-state index contributed by atoms with van der Waals surface area (Å²) in [6.45, 7) is 3.23. The highest BCUT2D eigenvalue weighted by Crippen LogP contribution is 2.24. The molecule has 1 aliphatic carbocycles. The third-order valence-corrected chi connectivity index (χ3v) is 5.61. The van der Waals surface area contributed by atoms with Crippen molar-refractivity contribution in [3.8, 4) is 0 Å². The number of carboxylic acid groups (broad SMARTS) is 1. The van der Waals surface area contributed by atoms with Crippen LogP contribution in [-0.2, 0) is 9.59 Å². The normalized spacial score (nSPS) is 20.3. The highest BCUT2D eigenvalue weighted by Gasteiger charge is 2.26. The van der Waals surface area contributed by atoms with Crippen LogP contribution in [0.3, 0.4) is 0 Å². The predicted octanol–water partition coefficient (Wildman–Crippen LogP) is 1.93. The Hall–Kier alpha value is -0.850. The maximum atomic E-state index is 12.4. The monoisotopic (exact) mass is 375 g/mol. The van der Waals surface area contributed by atoms with Gasteiger partial charge in [0.25, 0.3) is 0 Å². The van der Waals surface area contributed by atoms with Gasteiger partial charge in [-0.3, -0.25) is 19.4 Å². The number of nitrogens with zero attached hydrogens (tertiary/aromatic N) is 3. The zero-order valence-electron chi connectivity index (χ0n) is 15.7. The lowest BCUT2D eigenvalue weighted by atomic mass is 9.89. The van der Waals surface area contributed by atoms with Crippen molar-refractivity contribution in [3.63, 3.8) is 0 Å². The molecule has 2 aliphatic rings. The van der Waals surface area contributed by atoms with E-state index in [9.17, 15) is 9.59 Å². The molecule has 0 bridgehead atoms. The van der Waals surface area contributed by atoms with Gasteiger partial charge in [-0.15, -0.1) is 12.4 Å². The fourth-order valence-corrected chi connectivity index (χ4v) is 4.03. The molecule has 0 aromatic rings. The SMILES string of the molecule is CN(CC1CCCCC1)C(=O)CN1CCC(N(C)CC(=O)O)CC1.Cl. The molecule has 0 unspecified atom stereocenters. The topological polar surface area (TPSA) is 64.1 Å². The minimum atomic E-state index is -0.778. The van der Waals surface area contributed by atoms with Crippen LogP contribution in [0.1, 0.15) is 44.9 Å². The van der Waals surface area contributed by atoms with Gasteiger partial charge in [0.05, 0.1) is 13.1 Å². The Morgan fingerprint density at radius 1 is 1.04 bits per heavy atom. The number of carbonyl (C=O) groups is 2. The van der Waals surface area contributed by atoms with Gasteiger partial charge in [0.1, 0.15) is 0 Å². The van der Waals surface area contributed by atoms with E-state index in [1.807, 2.05) is 23.9 Å². The number of likely N-dealkylation sites (N-methyl/N-ethyl adjacent to an activating group) is 2. The third kappa shape index (κ3) is 7.50. The molecule has 0 spiro atoms. The Balaban J connectivity index is 0.00000312. The van der Waals surface area contributed by atoms with Gasteiger partial charge in [-0.25, -0.2) is 0 Å². The zero-order valence-corrected chi connectivity index (χ0v) is 16.5. The molecule has 1 saturated heterocycles. The number of hydrogen-bond donors (Lipinski definition) is 1. The van der Waals surface area contributed by atoms with Crippen LogP contribution in [-0.4, -0.2) is 84.5 Å². The van der Waals surface area contributed by atoms with E-state index in [2.05, 4.69) is 4.90 Å². The minimum Gasteiger partial charge on any atom is -0.480 e. The molecule has 2 fully saturated rings. The molecule has 25 heavy (non-hydrogen) atoms. The Bertz CT molecular complexity index is 422. The lowest BCUT2D eigenvalue weighted by molar-refractivity contribution is -0.138. The van der Waals surface area contributed by atoms with Crippen molar-refractivity contribution in [2.75, 3.05) is 46.8 Å². The van der Waals surface area contributed by atoms with Crippen LogP contribution in [0.25, 0.3) is 0 Å². The van der Waals surface area contributed by atoms with Crippen molar-refractivity contribution in [3.05, 3.63) is 0 Å². The summed E-state index contributed by atoms with van der Waals surface area (Å²) in [5.74, 6) is 0.125. The maximum absolute atomic E-state index is 12.4. The molecule has 1 saturated carbocycles. The number of hydrogen-bond acceptors (Lipinski definition) is 4. The summed E-state index contributed by atoms with van der Waals surface area (Å²) in [6.07, 6.45) is 8.36. The molecular weight excluding hydrogens is 342 g/mol. The lowest BCUT2D eigenvalue weighted by Crippen LogP contribution is -2.48. The number of carbonyl (C=O) groups excluding carboxylic acids is 1. The van der Waals surface area contributed by atoms with Crippen LogP contribution in [0, 0.1) is 5.92 Å². The predicted molar refractivity (Wildman–Crippen MR) is 101 cm³/mol. The molecule has 0 atom stereocenters. The number of aliphatic carboxylic acids is 1. The van der Waals surface area contributed by atoms with Gasteiger partial charge in [0, 0.05) is 32.7 Å². The first kappa shape index (κ1) is 22.2. The molecule has 1 heterocycles. The molecule has 146 valence electrons. The maximum Gasteiger partial charge on any atom is 0.317 e. The van der Waals surface area contributed by atoms with Crippen molar-refractivity contribution in [2.45, 2.75) is 51.0 Å². The number of carboxylic acids is 1. The first-order valence-electron chi connectivity index (χ1n) is 9.34. The number of piperidine rings is 1. The largest absolute Gasteiger partial charge is 0.480 e. The minimum absolute atomic E-state index is 0. The van der Waals surface area contributed by atoms with E-state index in [1.165, 1.54) is 32.1 Å². The summed E-state index contributed by atoms with van der Waals surface area (Å²) in [7, 11) is 3.81. The number of likely N-dealkylation sites (tertiary alicyclic amines) is 1. The molecule has 1 N–H and O–H groups in total. The molecule has 1 aliphatic heterocycles. The molecule has 1 amide bonds. The van der Waals surface area contributed by atoms with E-state index >= 15 is 0 Å². The fourth-order valence-electron chi connectivity index (χ4n) is 4.03. The van der Waals surface area contributed by atoms with Crippen LogP contribution in [0.4, 0.5) is 0 Å². The first-order chi connectivity index (χ1) is 11.5.